The molecule has 5 heteroatoms. The van der Waals surface area contributed by atoms with Gasteiger partial charge in [-0.15, -0.1) is 11.3 Å². The Hall–Kier alpha value is -1.85. The van der Waals surface area contributed by atoms with Gasteiger partial charge in [-0.2, -0.15) is 0 Å². The van der Waals surface area contributed by atoms with Crippen molar-refractivity contribution >= 4 is 17.2 Å². The van der Waals surface area contributed by atoms with Gasteiger partial charge in [0.05, 0.1) is 5.92 Å². The molecule has 0 fully saturated rings. The standard InChI is InChI=1S/C16H21N3OS/c1-2-14(15-9-6-10-21-15)18-11-13(16(17)19-20)12-7-4-3-5-8-12/h3-10,13-14,18,20H,2,11H2,1H3,(H2,17,19). The van der Waals surface area contributed by atoms with Crippen LogP contribution in [0.3, 0.4) is 0 Å². The molecule has 0 radical (unpaired) electrons. The summed E-state index contributed by atoms with van der Waals surface area (Å²) in [6, 6.07) is 14.4. The number of amidine groups is 1. The summed E-state index contributed by atoms with van der Waals surface area (Å²) < 4.78 is 0. The Bertz CT molecular complexity index is 554. The van der Waals surface area contributed by atoms with Gasteiger partial charge in [0.25, 0.3) is 0 Å². The Labute approximate surface area is 129 Å². The first-order chi connectivity index (χ1) is 10.3. The van der Waals surface area contributed by atoms with Gasteiger partial charge in [0, 0.05) is 17.5 Å². The van der Waals surface area contributed by atoms with Gasteiger partial charge in [-0.05, 0) is 23.4 Å². The van der Waals surface area contributed by atoms with Crippen LogP contribution >= 0.6 is 11.3 Å². The summed E-state index contributed by atoms with van der Waals surface area (Å²) in [6.45, 7) is 2.79. The number of hydrogen-bond donors (Lipinski definition) is 3. The minimum atomic E-state index is -0.134. The van der Waals surface area contributed by atoms with Crippen molar-refractivity contribution in [1.82, 2.24) is 5.32 Å². The number of oxime groups is 1. The van der Waals surface area contributed by atoms with E-state index in [0.717, 1.165) is 12.0 Å². The van der Waals surface area contributed by atoms with Gasteiger partial charge in [-0.25, -0.2) is 0 Å². The fourth-order valence-corrected chi connectivity index (χ4v) is 3.23. The molecule has 1 aromatic heterocycles. The Balaban J connectivity index is 2.09. The molecule has 1 heterocycles. The molecule has 0 bridgehead atoms. The third-order valence-electron chi connectivity index (χ3n) is 3.54. The molecule has 0 amide bonds. The van der Waals surface area contributed by atoms with Crippen molar-refractivity contribution < 1.29 is 5.21 Å². The van der Waals surface area contributed by atoms with Crippen molar-refractivity contribution in [2.75, 3.05) is 6.54 Å². The van der Waals surface area contributed by atoms with E-state index in [-0.39, 0.29) is 11.8 Å². The molecule has 112 valence electrons. The first-order valence-corrected chi connectivity index (χ1v) is 7.93. The molecule has 0 aliphatic carbocycles. The van der Waals surface area contributed by atoms with Crippen LogP contribution in [0.2, 0.25) is 0 Å². The highest BCUT2D eigenvalue weighted by atomic mass is 32.1. The molecule has 4 nitrogen and oxygen atoms in total. The van der Waals surface area contributed by atoms with Crippen molar-refractivity contribution in [3.8, 4) is 0 Å². The monoisotopic (exact) mass is 303 g/mol. The molecule has 2 atom stereocenters. The van der Waals surface area contributed by atoms with Gasteiger partial charge < -0.3 is 16.3 Å². The lowest BCUT2D eigenvalue weighted by Gasteiger charge is -2.21. The van der Waals surface area contributed by atoms with E-state index in [4.69, 9.17) is 10.9 Å². The smallest absolute Gasteiger partial charge is 0.147 e. The van der Waals surface area contributed by atoms with Gasteiger partial charge in [-0.3, -0.25) is 0 Å². The molecule has 0 aliphatic heterocycles. The van der Waals surface area contributed by atoms with E-state index in [0.29, 0.717) is 12.6 Å². The van der Waals surface area contributed by atoms with Gasteiger partial charge >= 0.3 is 0 Å². The van der Waals surface area contributed by atoms with Gasteiger partial charge in [0.2, 0.25) is 0 Å². The lowest BCUT2D eigenvalue weighted by molar-refractivity contribution is 0.315. The lowest BCUT2D eigenvalue weighted by atomic mass is 9.97. The zero-order chi connectivity index (χ0) is 15.1. The molecule has 2 aromatic rings. The summed E-state index contributed by atoms with van der Waals surface area (Å²) in [6.07, 6.45) is 0.998. The Kier molecular flexibility index (Phi) is 5.78. The van der Waals surface area contributed by atoms with E-state index in [1.165, 1.54) is 4.88 Å². The maximum Gasteiger partial charge on any atom is 0.147 e. The minimum Gasteiger partial charge on any atom is -0.409 e. The summed E-state index contributed by atoms with van der Waals surface area (Å²) in [5.74, 6) is 0.0972. The normalized spacial score (nSPS) is 14.8. The van der Waals surface area contributed by atoms with E-state index in [9.17, 15) is 0 Å². The molecule has 1 aromatic carbocycles. The van der Waals surface area contributed by atoms with Crippen LogP contribution < -0.4 is 11.1 Å². The second-order valence-electron chi connectivity index (χ2n) is 4.87. The summed E-state index contributed by atoms with van der Waals surface area (Å²) in [7, 11) is 0. The minimum absolute atomic E-state index is 0.134. The van der Waals surface area contributed by atoms with Gasteiger partial charge in [0.1, 0.15) is 5.84 Å². The predicted octanol–water partition coefficient (Wildman–Crippen LogP) is 3.32. The largest absolute Gasteiger partial charge is 0.409 e. The van der Waals surface area contributed by atoms with Crippen LogP contribution in [0.1, 0.15) is 35.7 Å². The van der Waals surface area contributed by atoms with Crippen molar-refractivity contribution in [1.29, 1.82) is 0 Å². The lowest BCUT2D eigenvalue weighted by Crippen LogP contribution is -2.33. The summed E-state index contributed by atoms with van der Waals surface area (Å²) in [5, 5.41) is 17.8. The average molecular weight is 303 g/mol. The van der Waals surface area contributed by atoms with Crippen LogP contribution in [0.4, 0.5) is 0 Å². The molecule has 0 saturated heterocycles. The fraction of sp³-hybridized carbons (Fsp3) is 0.312. The first-order valence-electron chi connectivity index (χ1n) is 7.05. The van der Waals surface area contributed by atoms with Crippen molar-refractivity contribution in [3.05, 3.63) is 58.3 Å². The summed E-state index contributed by atoms with van der Waals surface area (Å²) in [5.41, 5.74) is 6.90. The second-order valence-corrected chi connectivity index (χ2v) is 5.85. The Morgan fingerprint density at radius 1 is 1.29 bits per heavy atom. The Morgan fingerprint density at radius 3 is 2.62 bits per heavy atom. The second kappa shape index (κ2) is 7.81. The Morgan fingerprint density at radius 2 is 2.05 bits per heavy atom. The third kappa shape index (κ3) is 4.06. The zero-order valence-electron chi connectivity index (χ0n) is 12.1. The van der Waals surface area contributed by atoms with Crippen LogP contribution in [0, 0.1) is 0 Å². The molecule has 0 aliphatic rings. The molecule has 21 heavy (non-hydrogen) atoms. The maximum atomic E-state index is 9.01. The molecule has 2 rings (SSSR count). The number of rotatable bonds is 7. The number of benzene rings is 1. The topological polar surface area (TPSA) is 70.6 Å². The maximum absolute atomic E-state index is 9.01. The van der Waals surface area contributed by atoms with E-state index in [1.54, 1.807) is 11.3 Å². The van der Waals surface area contributed by atoms with Crippen LogP contribution in [0.15, 0.2) is 53.0 Å². The van der Waals surface area contributed by atoms with Crippen LogP contribution in [-0.4, -0.2) is 17.6 Å². The van der Waals surface area contributed by atoms with E-state index in [1.807, 2.05) is 30.3 Å². The van der Waals surface area contributed by atoms with Crippen molar-refractivity contribution in [3.63, 3.8) is 0 Å². The highest BCUT2D eigenvalue weighted by Crippen LogP contribution is 2.23. The highest BCUT2D eigenvalue weighted by molar-refractivity contribution is 7.10. The van der Waals surface area contributed by atoms with Gasteiger partial charge in [-0.1, -0.05) is 48.5 Å². The SMILES string of the molecule is CCC(NCC(C(N)=NO)c1ccccc1)c1cccs1. The first kappa shape index (κ1) is 15.5. The predicted molar refractivity (Wildman–Crippen MR) is 87.9 cm³/mol. The quantitative estimate of drug-likeness (QED) is 0.318. The highest BCUT2D eigenvalue weighted by Gasteiger charge is 2.19. The summed E-state index contributed by atoms with van der Waals surface area (Å²) in [4.78, 5) is 1.31. The van der Waals surface area contributed by atoms with Crippen LogP contribution in [0.25, 0.3) is 0 Å². The van der Waals surface area contributed by atoms with E-state index >= 15 is 0 Å². The molecular formula is C16H21N3OS. The number of nitrogens with one attached hydrogen (secondary N) is 1. The zero-order valence-corrected chi connectivity index (χ0v) is 12.9. The molecule has 2 unspecified atom stereocenters. The van der Waals surface area contributed by atoms with E-state index < -0.39 is 0 Å². The summed E-state index contributed by atoms with van der Waals surface area (Å²) >= 11 is 1.74. The third-order valence-corrected chi connectivity index (χ3v) is 4.52. The van der Waals surface area contributed by atoms with Crippen LogP contribution in [-0.2, 0) is 0 Å². The van der Waals surface area contributed by atoms with Crippen LogP contribution in [0.5, 0.6) is 0 Å². The van der Waals surface area contributed by atoms with Crippen molar-refractivity contribution in [2.24, 2.45) is 10.9 Å². The van der Waals surface area contributed by atoms with Gasteiger partial charge in [0.15, 0.2) is 0 Å². The number of thiophene rings is 1. The molecule has 0 saturated carbocycles. The number of hydrogen-bond acceptors (Lipinski definition) is 4. The number of nitrogens with zero attached hydrogens (tertiary/aromatic N) is 1. The van der Waals surface area contributed by atoms with E-state index in [2.05, 4.69) is 34.9 Å². The fourth-order valence-electron chi connectivity index (χ4n) is 2.34. The molecule has 0 spiro atoms. The average Bonchev–Trinajstić information content (AvgIpc) is 3.06. The molecular weight excluding hydrogens is 282 g/mol. The molecule has 4 N–H and O–H groups in total. The number of nitrogens with two attached hydrogens (primary N) is 1. The van der Waals surface area contributed by atoms with Crippen molar-refractivity contribution in [2.45, 2.75) is 25.3 Å².